The molecular formula is C31H23ClFN5O3. The highest BCUT2D eigenvalue weighted by molar-refractivity contribution is 6.30. The monoisotopic (exact) mass is 567 g/mol. The van der Waals surface area contributed by atoms with Crippen molar-refractivity contribution < 1.29 is 19.1 Å². The van der Waals surface area contributed by atoms with E-state index in [9.17, 15) is 19.1 Å². The summed E-state index contributed by atoms with van der Waals surface area (Å²) in [5.41, 5.74) is 3.34. The number of carboxylic acids is 1. The lowest BCUT2D eigenvalue weighted by Crippen LogP contribution is -2.20. The largest absolute Gasteiger partial charge is 0.478 e. The molecule has 0 amide bonds. The van der Waals surface area contributed by atoms with Gasteiger partial charge in [0.2, 0.25) is 5.78 Å². The van der Waals surface area contributed by atoms with Crippen molar-refractivity contribution in [2.45, 2.75) is 12.8 Å². The van der Waals surface area contributed by atoms with E-state index in [4.69, 9.17) is 11.6 Å². The number of benzene rings is 3. The molecule has 41 heavy (non-hydrogen) atoms. The normalized spacial score (nSPS) is 12.7. The second-order valence-electron chi connectivity index (χ2n) is 9.84. The van der Waals surface area contributed by atoms with Gasteiger partial charge in [0.25, 0.3) is 0 Å². The zero-order valence-electron chi connectivity index (χ0n) is 21.6. The number of carbonyl (C=O) groups is 2. The van der Waals surface area contributed by atoms with Crippen LogP contribution in [-0.4, -0.2) is 43.4 Å². The maximum absolute atomic E-state index is 13.4. The molecule has 2 aromatic heterocycles. The first-order valence-corrected chi connectivity index (χ1v) is 13.3. The highest BCUT2D eigenvalue weighted by Gasteiger charge is 2.26. The molecule has 2 heterocycles. The summed E-state index contributed by atoms with van der Waals surface area (Å²) in [5.74, 6) is -1.45. The minimum atomic E-state index is -1.24. The van der Waals surface area contributed by atoms with E-state index in [2.05, 4.69) is 20.2 Å². The molecule has 1 aliphatic rings. The van der Waals surface area contributed by atoms with Crippen LogP contribution >= 0.6 is 11.6 Å². The number of halogens is 2. The molecule has 204 valence electrons. The molecule has 1 fully saturated rings. The number of nitrogens with zero attached hydrogens (tertiary/aromatic N) is 5. The van der Waals surface area contributed by atoms with Crippen molar-refractivity contribution in [3.63, 3.8) is 0 Å². The van der Waals surface area contributed by atoms with E-state index in [-0.39, 0.29) is 22.5 Å². The van der Waals surface area contributed by atoms with E-state index in [1.54, 1.807) is 24.4 Å². The maximum atomic E-state index is 13.4. The lowest BCUT2D eigenvalue weighted by Gasteiger charge is -2.25. The minimum Gasteiger partial charge on any atom is -0.478 e. The van der Waals surface area contributed by atoms with Gasteiger partial charge in [0.05, 0.1) is 35.0 Å². The molecule has 8 nitrogen and oxygen atoms in total. The number of aromatic carboxylic acids is 1. The summed E-state index contributed by atoms with van der Waals surface area (Å²) in [4.78, 5) is 32.2. The molecule has 0 aliphatic heterocycles. The molecule has 0 bridgehead atoms. The Bertz CT molecular complexity index is 1730. The Morgan fingerprint density at radius 3 is 2.34 bits per heavy atom. The number of ketones is 1. The highest BCUT2D eigenvalue weighted by atomic mass is 35.5. The van der Waals surface area contributed by atoms with Crippen molar-refractivity contribution in [1.82, 2.24) is 20.0 Å². The Kier molecular flexibility index (Phi) is 7.03. The van der Waals surface area contributed by atoms with Crippen molar-refractivity contribution in [2.24, 2.45) is 5.92 Å². The van der Waals surface area contributed by atoms with E-state index in [1.807, 2.05) is 30.3 Å². The summed E-state index contributed by atoms with van der Waals surface area (Å²) in [5, 5.41) is 18.6. The highest BCUT2D eigenvalue weighted by Crippen LogP contribution is 2.35. The molecule has 0 spiro atoms. The van der Waals surface area contributed by atoms with E-state index < -0.39 is 17.6 Å². The van der Waals surface area contributed by atoms with Crippen molar-refractivity contribution in [1.29, 1.82) is 0 Å². The first kappa shape index (κ1) is 26.3. The Morgan fingerprint density at radius 2 is 1.68 bits per heavy atom. The molecule has 0 radical (unpaired) electrons. The number of carbonyl (C=O) groups excluding carboxylic acids is 1. The zero-order chi connectivity index (χ0) is 28.5. The van der Waals surface area contributed by atoms with Gasteiger partial charge in [0.1, 0.15) is 11.5 Å². The van der Waals surface area contributed by atoms with Crippen LogP contribution in [-0.2, 0) is 0 Å². The van der Waals surface area contributed by atoms with Crippen molar-refractivity contribution in [2.75, 3.05) is 11.4 Å². The number of hydrogen-bond donors (Lipinski definition) is 1. The summed E-state index contributed by atoms with van der Waals surface area (Å²) >= 11 is 6.08. The Balaban J connectivity index is 1.29. The molecule has 0 saturated heterocycles. The molecule has 1 aliphatic carbocycles. The predicted molar refractivity (Wildman–Crippen MR) is 153 cm³/mol. The van der Waals surface area contributed by atoms with Crippen molar-refractivity contribution >= 4 is 34.7 Å². The van der Waals surface area contributed by atoms with Crippen LogP contribution in [0.15, 0.2) is 91.3 Å². The second kappa shape index (κ2) is 10.9. The van der Waals surface area contributed by atoms with Crippen LogP contribution in [0.2, 0.25) is 5.02 Å². The van der Waals surface area contributed by atoms with Gasteiger partial charge < -0.3 is 10.0 Å². The van der Waals surface area contributed by atoms with Gasteiger partial charge in [-0.15, -0.1) is 5.10 Å². The average Bonchev–Trinajstić information content (AvgIpc) is 3.69. The molecule has 10 heteroatoms. The van der Waals surface area contributed by atoms with E-state index in [0.29, 0.717) is 22.2 Å². The molecule has 0 unspecified atom stereocenters. The van der Waals surface area contributed by atoms with Crippen molar-refractivity contribution in [3.8, 4) is 16.9 Å². The zero-order valence-corrected chi connectivity index (χ0v) is 22.4. The Hall–Kier alpha value is -4.89. The van der Waals surface area contributed by atoms with Gasteiger partial charge in [-0.1, -0.05) is 16.8 Å². The molecular weight excluding hydrogens is 545 g/mol. The number of carboxylic acid groups (broad SMARTS) is 1. The minimum absolute atomic E-state index is 0.139. The summed E-state index contributed by atoms with van der Waals surface area (Å²) in [7, 11) is 0. The first-order valence-electron chi connectivity index (χ1n) is 13.0. The fourth-order valence-electron chi connectivity index (χ4n) is 4.63. The molecule has 1 N–H and O–H groups in total. The average molecular weight is 568 g/mol. The molecule has 0 atom stereocenters. The lowest BCUT2D eigenvalue weighted by atomic mass is 10.0. The van der Waals surface area contributed by atoms with Gasteiger partial charge in [-0.3, -0.25) is 9.78 Å². The standard InChI is InChI=1S/C31H23ClFN5O3/c32-22-6-10-24(11-7-22)37(18-19-1-2-19)25-12-13-27(34-16-25)30(39)21-5-14-28(26(15-21)31(40)41)38-29(17-35-36-38)20-3-8-23(33)9-4-20/h3-17,19H,1-2,18H2,(H,40,41). The fourth-order valence-corrected chi connectivity index (χ4v) is 4.76. The molecule has 5 aromatic rings. The summed E-state index contributed by atoms with van der Waals surface area (Å²) < 4.78 is 14.8. The van der Waals surface area contributed by atoms with Crippen LogP contribution in [0.25, 0.3) is 16.9 Å². The van der Waals surface area contributed by atoms with Gasteiger partial charge in [0.15, 0.2) is 0 Å². The van der Waals surface area contributed by atoms with Gasteiger partial charge in [-0.2, -0.15) is 0 Å². The third kappa shape index (κ3) is 5.57. The van der Waals surface area contributed by atoms with Gasteiger partial charge in [-0.25, -0.2) is 13.9 Å². The number of aromatic nitrogens is 4. The first-order chi connectivity index (χ1) is 19.9. The van der Waals surface area contributed by atoms with E-state index in [1.165, 1.54) is 54.1 Å². The summed E-state index contributed by atoms with van der Waals surface area (Å²) in [6.07, 6.45) is 5.47. The van der Waals surface area contributed by atoms with Crippen LogP contribution < -0.4 is 4.90 Å². The van der Waals surface area contributed by atoms with Crippen LogP contribution in [0.3, 0.4) is 0 Å². The van der Waals surface area contributed by atoms with Crippen LogP contribution in [0.1, 0.15) is 39.3 Å². The summed E-state index contributed by atoms with van der Waals surface area (Å²) in [6, 6.07) is 21.1. The topological polar surface area (TPSA) is 101 Å². The van der Waals surface area contributed by atoms with Crippen LogP contribution in [0.5, 0.6) is 0 Å². The smallest absolute Gasteiger partial charge is 0.337 e. The molecule has 3 aromatic carbocycles. The lowest BCUT2D eigenvalue weighted by molar-refractivity contribution is 0.0696. The SMILES string of the molecule is O=C(c1ccc(-n2nncc2-c2ccc(F)cc2)c(C(=O)O)c1)c1ccc(N(CC2CC2)c2ccc(Cl)cc2)cn1. The van der Waals surface area contributed by atoms with Crippen LogP contribution in [0, 0.1) is 11.7 Å². The van der Waals surface area contributed by atoms with E-state index >= 15 is 0 Å². The second-order valence-corrected chi connectivity index (χ2v) is 10.3. The Labute approximate surface area is 239 Å². The number of rotatable bonds is 9. The number of anilines is 2. The van der Waals surface area contributed by atoms with E-state index in [0.717, 1.165) is 17.9 Å². The van der Waals surface area contributed by atoms with Crippen LogP contribution in [0.4, 0.5) is 15.8 Å². The molecule has 6 rings (SSSR count). The number of hydrogen-bond acceptors (Lipinski definition) is 6. The predicted octanol–water partition coefficient (Wildman–Crippen LogP) is 6.60. The molecule has 1 saturated carbocycles. The maximum Gasteiger partial charge on any atom is 0.337 e. The number of pyridine rings is 1. The third-order valence-corrected chi connectivity index (χ3v) is 7.23. The Morgan fingerprint density at radius 1 is 0.951 bits per heavy atom. The van der Waals surface area contributed by atoms with Gasteiger partial charge in [-0.05, 0) is 97.6 Å². The fraction of sp³-hybridized carbons (Fsp3) is 0.129. The quantitative estimate of drug-likeness (QED) is 0.200. The van der Waals surface area contributed by atoms with Gasteiger partial charge >= 0.3 is 5.97 Å². The summed E-state index contributed by atoms with van der Waals surface area (Å²) in [6.45, 7) is 0.836. The van der Waals surface area contributed by atoms with Gasteiger partial charge in [0, 0.05) is 28.4 Å². The van der Waals surface area contributed by atoms with Crippen molar-refractivity contribution in [3.05, 3.63) is 119 Å². The third-order valence-electron chi connectivity index (χ3n) is 6.97.